The molecule has 0 heterocycles. The number of hydrogen-bond donors (Lipinski definition) is 0. The molecule has 2 saturated carbocycles. The van der Waals surface area contributed by atoms with Gasteiger partial charge in [0.15, 0.2) is 0 Å². The van der Waals surface area contributed by atoms with Crippen LogP contribution >= 0.6 is 0 Å². The minimum Gasteiger partial charge on any atom is -0.431 e. The fourth-order valence-electron chi connectivity index (χ4n) is 3.34. The second kappa shape index (κ2) is 4.71. The third-order valence-corrected chi connectivity index (χ3v) is 4.28. The van der Waals surface area contributed by atoms with Crippen molar-refractivity contribution in [3.05, 3.63) is 12.2 Å². The Balaban J connectivity index is 1.45. The minimum absolute atomic E-state index is 0.0705. The van der Waals surface area contributed by atoms with Crippen LogP contribution in [0.2, 0.25) is 0 Å². The molecule has 3 nitrogen and oxygen atoms in total. The highest BCUT2D eigenvalue weighted by Gasteiger charge is 2.38. The first kappa shape index (κ1) is 11.1. The highest BCUT2D eigenvalue weighted by Crippen LogP contribution is 2.40. The van der Waals surface area contributed by atoms with Crippen molar-refractivity contribution in [3.63, 3.8) is 0 Å². The fraction of sp³-hybridized carbons (Fsp3) is 0.786. The van der Waals surface area contributed by atoms with Gasteiger partial charge in [0.05, 0.1) is 0 Å². The Labute approximate surface area is 102 Å². The molecule has 0 N–H and O–H groups in total. The van der Waals surface area contributed by atoms with E-state index in [4.69, 9.17) is 9.47 Å². The molecule has 0 aromatic carbocycles. The van der Waals surface area contributed by atoms with Crippen molar-refractivity contribution in [3.8, 4) is 0 Å². The standard InChI is InChI=1S/C14H20O3/c15-14(16-12-4-2-1-3-5-12)17-13-9-10-6-7-11(13)8-10/h6-7,10-13H,1-5,8-9H2. The van der Waals surface area contributed by atoms with Gasteiger partial charge in [0.2, 0.25) is 0 Å². The van der Waals surface area contributed by atoms with Gasteiger partial charge in [0.1, 0.15) is 12.2 Å². The predicted octanol–water partition coefficient (Wildman–Crippen LogP) is 3.44. The SMILES string of the molecule is O=C(OC1CCCCC1)OC1CC2C=CC1C2. The molecule has 0 aromatic rings. The van der Waals surface area contributed by atoms with Gasteiger partial charge < -0.3 is 9.47 Å². The summed E-state index contributed by atoms with van der Waals surface area (Å²) in [5.74, 6) is 1.08. The molecule has 3 aliphatic rings. The van der Waals surface area contributed by atoms with E-state index in [1.165, 1.54) is 19.3 Å². The highest BCUT2D eigenvalue weighted by atomic mass is 16.7. The summed E-state index contributed by atoms with van der Waals surface area (Å²) in [6, 6.07) is 0. The molecule has 0 aliphatic heterocycles. The van der Waals surface area contributed by atoms with E-state index in [1.807, 2.05) is 0 Å². The van der Waals surface area contributed by atoms with E-state index in [9.17, 15) is 4.79 Å². The lowest BCUT2D eigenvalue weighted by Crippen LogP contribution is -2.27. The molecular formula is C14H20O3. The molecule has 0 aromatic heterocycles. The summed E-state index contributed by atoms with van der Waals surface area (Å²) < 4.78 is 10.8. The van der Waals surface area contributed by atoms with Crippen molar-refractivity contribution in [2.75, 3.05) is 0 Å². The summed E-state index contributed by atoms with van der Waals surface area (Å²) in [7, 11) is 0. The van der Waals surface area contributed by atoms with Gasteiger partial charge in [-0.25, -0.2) is 4.79 Å². The van der Waals surface area contributed by atoms with Crippen LogP contribution in [0.25, 0.3) is 0 Å². The third kappa shape index (κ3) is 2.48. The molecule has 3 heteroatoms. The molecule has 3 rings (SSSR count). The number of carbonyl (C=O) groups excluding carboxylic acids is 1. The molecular weight excluding hydrogens is 216 g/mol. The van der Waals surface area contributed by atoms with E-state index in [0.717, 1.165) is 25.7 Å². The first-order valence-electron chi connectivity index (χ1n) is 6.87. The molecule has 3 aliphatic carbocycles. The van der Waals surface area contributed by atoms with Crippen molar-refractivity contribution < 1.29 is 14.3 Å². The predicted molar refractivity (Wildman–Crippen MR) is 63.6 cm³/mol. The normalized spacial score (nSPS) is 36.1. The number of allylic oxidation sites excluding steroid dienone is 1. The minimum atomic E-state index is -0.442. The number of carbonyl (C=O) groups is 1. The molecule has 17 heavy (non-hydrogen) atoms. The number of ether oxygens (including phenoxy) is 2. The van der Waals surface area contributed by atoms with E-state index in [2.05, 4.69) is 12.2 Å². The average molecular weight is 236 g/mol. The molecule has 0 spiro atoms. The Bertz CT molecular complexity index is 317. The Kier molecular flexibility index (Phi) is 3.08. The summed E-state index contributed by atoms with van der Waals surface area (Å²) in [6.45, 7) is 0. The Morgan fingerprint density at radius 1 is 1.00 bits per heavy atom. The Morgan fingerprint density at radius 2 is 1.82 bits per heavy atom. The quantitative estimate of drug-likeness (QED) is 0.544. The smallest absolute Gasteiger partial charge is 0.431 e. The van der Waals surface area contributed by atoms with Gasteiger partial charge in [0, 0.05) is 5.92 Å². The zero-order valence-electron chi connectivity index (χ0n) is 10.1. The Hall–Kier alpha value is -0.990. The zero-order valence-corrected chi connectivity index (χ0v) is 10.1. The van der Waals surface area contributed by atoms with Crippen molar-refractivity contribution >= 4 is 6.16 Å². The molecule has 0 amide bonds. The molecule has 0 saturated heterocycles. The van der Waals surface area contributed by atoms with E-state index < -0.39 is 6.16 Å². The lowest BCUT2D eigenvalue weighted by molar-refractivity contribution is -0.0165. The first-order valence-corrected chi connectivity index (χ1v) is 6.87. The fourth-order valence-corrected chi connectivity index (χ4v) is 3.34. The lowest BCUT2D eigenvalue weighted by Gasteiger charge is -2.24. The van der Waals surface area contributed by atoms with Crippen LogP contribution in [0.15, 0.2) is 12.2 Å². The maximum Gasteiger partial charge on any atom is 0.508 e. The van der Waals surface area contributed by atoms with E-state index in [1.54, 1.807) is 0 Å². The third-order valence-electron chi connectivity index (χ3n) is 4.28. The summed E-state index contributed by atoms with van der Waals surface area (Å²) in [5, 5.41) is 0. The largest absolute Gasteiger partial charge is 0.508 e. The summed E-state index contributed by atoms with van der Waals surface area (Å²) in [6.07, 6.45) is 11.9. The van der Waals surface area contributed by atoms with Gasteiger partial charge in [-0.15, -0.1) is 0 Å². The lowest BCUT2D eigenvalue weighted by atomic mass is 9.98. The molecule has 2 bridgehead atoms. The molecule has 3 atom stereocenters. The van der Waals surface area contributed by atoms with Crippen LogP contribution in [0.3, 0.4) is 0 Å². The van der Waals surface area contributed by atoms with Crippen molar-refractivity contribution in [1.82, 2.24) is 0 Å². The maximum absolute atomic E-state index is 11.7. The van der Waals surface area contributed by atoms with Crippen LogP contribution < -0.4 is 0 Å². The number of fused-ring (bicyclic) bond motifs is 2. The molecule has 2 fully saturated rings. The first-order chi connectivity index (χ1) is 8.31. The maximum atomic E-state index is 11.7. The van der Waals surface area contributed by atoms with Gasteiger partial charge in [-0.3, -0.25) is 0 Å². The van der Waals surface area contributed by atoms with E-state index in [0.29, 0.717) is 11.8 Å². The van der Waals surface area contributed by atoms with Crippen LogP contribution in [-0.4, -0.2) is 18.4 Å². The topological polar surface area (TPSA) is 35.5 Å². The van der Waals surface area contributed by atoms with Crippen LogP contribution in [0.4, 0.5) is 4.79 Å². The molecule has 0 radical (unpaired) electrons. The van der Waals surface area contributed by atoms with Gasteiger partial charge in [0.25, 0.3) is 0 Å². The van der Waals surface area contributed by atoms with Crippen molar-refractivity contribution in [2.24, 2.45) is 11.8 Å². The monoisotopic (exact) mass is 236 g/mol. The van der Waals surface area contributed by atoms with Crippen LogP contribution in [0, 0.1) is 11.8 Å². The number of rotatable bonds is 2. The van der Waals surface area contributed by atoms with Gasteiger partial charge in [-0.05, 0) is 44.4 Å². The van der Waals surface area contributed by atoms with Gasteiger partial charge in [-0.1, -0.05) is 18.6 Å². The second-order valence-corrected chi connectivity index (χ2v) is 5.56. The van der Waals surface area contributed by atoms with Gasteiger partial charge in [-0.2, -0.15) is 0 Å². The van der Waals surface area contributed by atoms with E-state index in [-0.39, 0.29) is 12.2 Å². The van der Waals surface area contributed by atoms with Crippen molar-refractivity contribution in [1.29, 1.82) is 0 Å². The van der Waals surface area contributed by atoms with Crippen LogP contribution in [0.1, 0.15) is 44.9 Å². The average Bonchev–Trinajstić information content (AvgIpc) is 2.92. The van der Waals surface area contributed by atoms with Crippen molar-refractivity contribution in [2.45, 2.75) is 57.2 Å². The number of hydrogen-bond acceptors (Lipinski definition) is 3. The van der Waals surface area contributed by atoms with E-state index >= 15 is 0 Å². The van der Waals surface area contributed by atoms with Crippen LogP contribution in [0.5, 0.6) is 0 Å². The summed E-state index contributed by atoms with van der Waals surface area (Å²) in [5.41, 5.74) is 0. The molecule has 3 unspecified atom stereocenters. The summed E-state index contributed by atoms with van der Waals surface area (Å²) in [4.78, 5) is 11.7. The zero-order chi connectivity index (χ0) is 11.7. The highest BCUT2D eigenvalue weighted by molar-refractivity contribution is 5.60. The second-order valence-electron chi connectivity index (χ2n) is 5.56. The Morgan fingerprint density at radius 3 is 2.47 bits per heavy atom. The molecule has 94 valence electrons. The summed E-state index contributed by atoms with van der Waals surface area (Å²) >= 11 is 0. The van der Waals surface area contributed by atoms with Crippen LogP contribution in [-0.2, 0) is 9.47 Å². The van der Waals surface area contributed by atoms with Gasteiger partial charge >= 0.3 is 6.16 Å².